The number of rotatable bonds is 13. The minimum absolute atomic E-state index is 0.0224. The number of amides is 2. The lowest BCUT2D eigenvalue weighted by atomic mass is 10.1. The Morgan fingerprint density at radius 1 is 1.11 bits per heavy atom. The zero-order valence-corrected chi connectivity index (χ0v) is 22.3. The third kappa shape index (κ3) is 8.22. The van der Waals surface area contributed by atoms with Crippen LogP contribution in [0.1, 0.15) is 45.6 Å². The molecule has 0 unspecified atom stereocenters. The molecule has 0 aliphatic heterocycles. The van der Waals surface area contributed by atoms with Gasteiger partial charge in [0.25, 0.3) is 0 Å². The first-order chi connectivity index (χ1) is 17.0. The average Bonchev–Trinajstić information content (AvgIpc) is 2.84. The number of carbonyl (C=O) groups is 2. The molecule has 0 aliphatic carbocycles. The predicted octanol–water partition coefficient (Wildman–Crippen LogP) is 3.71. The molecule has 36 heavy (non-hydrogen) atoms. The van der Waals surface area contributed by atoms with Gasteiger partial charge >= 0.3 is 0 Å². The van der Waals surface area contributed by atoms with Gasteiger partial charge in [-0.1, -0.05) is 31.2 Å². The van der Waals surface area contributed by atoms with E-state index < -0.39 is 21.9 Å². The number of ether oxygens (including phenoxy) is 1. The smallest absolute Gasteiger partial charge is 0.242 e. The number of carbonyl (C=O) groups excluding carboxylic acids is 2. The van der Waals surface area contributed by atoms with Crippen LogP contribution in [-0.2, 0) is 26.2 Å². The first kappa shape index (κ1) is 29.1. The molecule has 2 rings (SSSR count). The molecule has 0 saturated carbocycles. The molecule has 0 heterocycles. The van der Waals surface area contributed by atoms with Gasteiger partial charge in [-0.2, -0.15) is 0 Å². The van der Waals surface area contributed by atoms with Gasteiger partial charge in [0.15, 0.2) is 0 Å². The highest BCUT2D eigenvalue weighted by atomic mass is 32.2. The minimum atomic E-state index is -3.62. The van der Waals surface area contributed by atoms with E-state index in [1.54, 1.807) is 49.4 Å². The fourth-order valence-corrected chi connectivity index (χ4v) is 4.59. The number of benzene rings is 2. The van der Waals surface area contributed by atoms with Gasteiger partial charge in [0.05, 0.1) is 19.1 Å². The van der Waals surface area contributed by atoms with Gasteiger partial charge in [0.2, 0.25) is 21.8 Å². The second-order valence-electron chi connectivity index (χ2n) is 8.75. The SMILES string of the molecule is CC[C@H](C)NC(=O)[C@H](C)N(Cc1ccccc1F)C(=O)CCCN(c1cccc(OC)c1)S(C)(=O)=O. The quantitative estimate of drug-likeness (QED) is 0.434. The molecule has 0 aromatic heterocycles. The molecule has 0 radical (unpaired) electrons. The van der Waals surface area contributed by atoms with Crippen LogP contribution >= 0.6 is 0 Å². The molecule has 2 aromatic rings. The van der Waals surface area contributed by atoms with E-state index in [1.807, 2.05) is 13.8 Å². The van der Waals surface area contributed by atoms with Gasteiger partial charge < -0.3 is 15.0 Å². The fourth-order valence-electron chi connectivity index (χ4n) is 3.63. The van der Waals surface area contributed by atoms with E-state index in [-0.39, 0.29) is 43.8 Å². The molecule has 1 N–H and O–H groups in total. The van der Waals surface area contributed by atoms with E-state index in [0.717, 1.165) is 12.7 Å². The van der Waals surface area contributed by atoms with Gasteiger partial charge in [0, 0.05) is 37.2 Å². The van der Waals surface area contributed by atoms with Crippen LogP contribution in [0.2, 0.25) is 0 Å². The van der Waals surface area contributed by atoms with Crippen molar-refractivity contribution in [3.05, 3.63) is 59.9 Å². The van der Waals surface area contributed by atoms with Crippen molar-refractivity contribution in [3.63, 3.8) is 0 Å². The van der Waals surface area contributed by atoms with Gasteiger partial charge in [-0.3, -0.25) is 13.9 Å². The van der Waals surface area contributed by atoms with E-state index in [4.69, 9.17) is 4.74 Å². The third-order valence-corrected chi connectivity index (χ3v) is 7.15. The zero-order valence-electron chi connectivity index (χ0n) is 21.5. The molecule has 0 spiro atoms. The summed E-state index contributed by atoms with van der Waals surface area (Å²) in [4.78, 5) is 27.4. The molecule has 2 aromatic carbocycles. The lowest BCUT2D eigenvalue weighted by molar-refractivity contribution is -0.141. The summed E-state index contributed by atoms with van der Waals surface area (Å²) in [6.07, 6.45) is 2.01. The van der Waals surface area contributed by atoms with Crippen LogP contribution in [-0.4, -0.2) is 57.1 Å². The number of halogens is 1. The molecule has 8 nitrogen and oxygen atoms in total. The van der Waals surface area contributed by atoms with E-state index in [2.05, 4.69) is 5.32 Å². The second-order valence-corrected chi connectivity index (χ2v) is 10.7. The Balaban J connectivity index is 2.19. The molecule has 2 amide bonds. The topological polar surface area (TPSA) is 96.0 Å². The Kier molecular flexibility index (Phi) is 10.7. The van der Waals surface area contributed by atoms with Gasteiger partial charge in [0.1, 0.15) is 17.6 Å². The summed E-state index contributed by atoms with van der Waals surface area (Å²) in [5.74, 6) is -0.659. The molecule has 0 fully saturated rings. The van der Waals surface area contributed by atoms with E-state index in [1.165, 1.54) is 22.4 Å². The van der Waals surface area contributed by atoms with Crippen LogP contribution in [0.25, 0.3) is 0 Å². The monoisotopic (exact) mass is 521 g/mol. The Morgan fingerprint density at radius 2 is 1.81 bits per heavy atom. The summed E-state index contributed by atoms with van der Waals surface area (Å²) in [6, 6.07) is 11.8. The predicted molar refractivity (Wildman–Crippen MR) is 139 cm³/mol. The summed E-state index contributed by atoms with van der Waals surface area (Å²) in [5.41, 5.74) is 0.719. The van der Waals surface area contributed by atoms with Crippen molar-refractivity contribution in [3.8, 4) is 5.75 Å². The van der Waals surface area contributed by atoms with Crippen molar-refractivity contribution >= 4 is 27.5 Å². The lowest BCUT2D eigenvalue weighted by Gasteiger charge is -2.30. The molecule has 0 bridgehead atoms. The first-order valence-corrected chi connectivity index (χ1v) is 13.8. The van der Waals surface area contributed by atoms with Crippen molar-refractivity contribution in [1.29, 1.82) is 0 Å². The summed E-state index contributed by atoms with van der Waals surface area (Å²) in [5, 5.41) is 2.87. The highest BCUT2D eigenvalue weighted by Gasteiger charge is 2.28. The van der Waals surface area contributed by atoms with Crippen molar-refractivity contribution in [2.75, 3.05) is 24.2 Å². The van der Waals surface area contributed by atoms with E-state index in [0.29, 0.717) is 17.0 Å². The molecular weight excluding hydrogens is 485 g/mol. The number of anilines is 1. The van der Waals surface area contributed by atoms with Crippen LogP contribution in [0.15, 0.2) is 48.5 Å². The summed E-state index contributed by atoms with van der Waals surface area (Å²) in [6.45, 7) is 5.39. The maximum Gasteiger partial charge on any atom is 0.242 e. The van der Waals surface area contributed by atoms with Crippen LogP contribution in [0.5, 0.6) is 5.75 Å². The Morgan fingerprint density at radius 3 is 2.42 bits per heavy atom. The van der Waals surface area contributed by atoms with Gasteiger partial charge in [-0.05, 0) is 44.9 Å². The fraction of sp³-hybridized carbons (Fsp3) is 0.462. The van der Waals surface area contributed by atoms with Crippen molar-refractivity contribution < 1.29 is 27.1 Å². The molecular formula is C26H36FN3O5S. The maximum atomic E-state index is 14.4. The molecule has 0 saturated heterocycles. The third-order valence-electron chi connectivity index (χ3n) is 5.96. The Labute approximate surface area is 213 Å². The van der Waals surface area contributed by atoms with Crippen LogP contribution in [0.3, 0.4) is 0 Å². The molecule has 2 atom stereocenters. The number of hydrogen-bond donors (Lipinski definition) is 1. The van der Waals surface area contributed by atoms with Crippen molar-refractivity contribution in [2.45, 2.75) is 58.7 Å². The first-order valence-electron chi connectivity index (χ1n) is 11.9. The molecule has 0 aliphatic rings. The number of sulfonamides is 1. The largest absolute Gasteiger partial charge is 0.497 e. The van der Waals surface area contributed by atoms with Gasteiger partial charge in [-0.25, -0.2) is 12.8 Å². The number of nitrogens with zero attached hydrogens (tertiary/aromatic N) is 2. The van der Waals surface area contributed by atoms with Gasteiger partial charge in [-0.15, -0.1) is 0 Å². The van der Waals surface area contributed by atoms with Crippen LogP contribution in [0, 0.1) is 5.82 Å². The Hall–Kier alpha value is -3.14. The lowest BCUT2D eigenvalue weighted by Crippen LogP contribution is -2.49. The Bertz CT molecular complexity index is 1140. The zero-order chi connectivity index (χ0) is 26.9. The summed E-state index contributed by atoms with van der Waals surface area (Å²) >= 11 is 0. The average molecular weight is 522 g/mol. The molecule has 10 heteroatoms. The van der Waals surface area contributed by atoms with Crippen molar-refractivity contribution in [2.24, 2.45) is 0 Å². The standard InChI is InChI=1S/C26H36FN3O5S/c1-6-19(2)28-26(32)20(3)29(18-21-11-7-8-14-24(21)27)25(31)15-10-16-30(36(5,33)34)22-12-9-13-23(17-22)35-4/h7-9,11-14,17,19-20H,6,10,15-16,18H2,1-5H3,(H,28,32)/t19-,20-/m0/s1. The highest BCUT2D eigenvalue weighted by Crippen LogP contribution is 2.24. The van der Waals surface area contributed by atoms with Crippen molar-refractivity contribution in [1.82, 2.24) is 10.2 Å². The highest BCUT2D eigenvalue weighted by molar-refractivity contribution is 7.92. The van der Waals surface area contributed by atoms with E-state index in [9.17, 15) is 22.4 Å². The summed E-state index contributed by atoms with van der Waals surface area (Å²) < 4.78 is 45.6. The molecule has 198 valence electrons. The normalized spacial score (nSPS) is 12.9. The minimum Gasteiger partial charge on any atom is -0.497 e. The number of hydrogen-bond acceptors (Lipinski definition) is 5. The van der Waals surface area contributed by atoms with Crippen LogP contribution < -0.4 is 14.4 Å². The number of methoxy groups -OCH3 is 1. The maximum absolute atomic E-state index is 14.4. The van der Waals surface area contributed by atoms with E-state index >= 15 is 0 Å². The second kappa shape index (κ2) is 13.2. The number of nitrogens with one attached hydrogen (secondary N) is 1. The summed E-state index contributed by atoms with van der Waals surface area (Å²) in [7, 11) is -2.13. The van der Waals surface area contributed by atoms with Crippen LogP contribution in [0.4, 0.5) is 10.1 Å².